The Morgan fingerprint density at radius 1 is 0.921 bits per heavy atom. The molecule has 2 N–H and O–H groups in total. The monoisotopic (exact) mass is 518 g/mol. The maximum Gasteiger partial charge on any atom is 0.253 e. The van der Waals surface area contributed by atoms with Gasteiger partial charge in [0.1, 0.15) is 17.1 Å². The van der Waals surface area contributed by atoms with Crippen LogP contribution < -0.4 is 20.3 Å². The number of aromatic nitrogens is 3. The van der Waals surface area contributed by atoms with Gasteiger partial charge < -0.3 is 29.7 Å². The lowest BCUT2D eigenvalue weighted by Crippen LogP contribution is -2.36. The molecule has 38 heavy (non-hydrogen) atoms. The molecule has 0 radical (unpaired) electrons. The van der Waals surface area contributed by atoms with E-state index in [-0.39, 0.29) is 18.1 Å². The molecule has 3 aromatic rings. The van der Waals surface area contributed by atoms with Gasteiger partial charge in [0, 0.05) is 56.1 Å². The largest absolute Gasteiger partial charge is 0.488 e. The quantitative estimate of drug-likeness (QED) is 0.487. The third-order valence-electron chi connectivity index (χ3n) is 7.51. The summed E-state index contributed by atoms with van der Waals surface area (Å²) in [4.78, 5) is 28.3. The topological polar surface area (TPSA) is 111 Å². The van der Waals surface area contributed by atoms with Crippen LogP contribution in [-0.4, -0.2) is 78.6 Å². The van der Waals surface area contributed by atoms with Crippen LogP contribution in [0.2, 0.25) is 0 Å². The minimum absolute atomic E-state index is 0.0876. The van der Waals surface area contributed by atoms with E-state index in [4.69, 9.17) is 14.2 Å². The summed E-state index contributed by atoms with van der Waals surface area (Å²) in [5.74, 6) is 1.48. The fourth-order valence-electron chi connectivity index (χ4n) is 5.37. The number of pyridine rings is 1. The Labute approximate surface area is 222 Å². The third kappa shape index (κ3) is 5.81. The maximum absolute atomic E-state index is 12.4. The SMILES string of the molecule is O=C(NC1CCOC1)c1ccc(NC2CCC(Oc3cc(N4CCOCC4)cc4nccnc34)CC2)nc1. The number of carbonyl (C=O) groups excluding carboxylic acids is 1. The van der Waals surface area contributed by atoms with E-state index in [1.54, 1.807) is 18.6 Å². The molecule has 4 heterocycles. The number of nitrogens with zero attached hydrogens (tertiary/aromatic N) is 4. The zero-order valence-electron chi connectivity index (χ0n) is 21.5. The van der Waals surface area contributed by atoms with Gasteiger partial charge in [0.2, 0.25) is 0 Å². The lowest BCUT2D eigenvalue weighted by Gasteiger charge is -2.31. The molecule has 2 aromatic heterocycles. The number of morpholine rings is 1. The lowest BCUT2D eigenvalue weighted by molar-refractivity contribution is 0.0929. The molecule has 2 aliphatic heterocycles. The Hall–Kier alpha value is -3.50. The van der Waals surface area contributed by atoms with Crippen molar-refractivity contribution in [2.45, 2.75) is 50.3 Å². The molecule has 200 valence electrons. The molecule has 0 bridgehead atoms. The number of rotatable bonds is 7. The van der Waals surface area contributed by atoms with Crippen LogP contribution in [0, 0.1) is 0 Å². The van der Waals surface area contributed by atoms with Crippen molar-refractivity contribution in [2.75, 3.05) is 49.7 Å². The molecule has 3 fully saturated rings. The average molecular weight is 519 g/mol. The van der Waals surface area contributed by atoms with Crippen molar-refractivity contribution in [2.24, 2.45) is 0 Å². The normalized spacial score (nSPS) is 23.8. The first kappa shape index (κ1) is 24.8. The molecule has 1 amide bonds. The molecular weight excluding hydrogens is 484 g/mol. The van der Waals surface area contributed by atoms with Crippen molar-refractivity contribution in [1.29, 1.82) is 0 Å². The molecule has 1 unspecified atom stereocenters. The molecule has 3 aliphatic rings. The van der Waals surface area contributed by atoms with E-state index in [9.17, 15) is 4.79 Å². The predicted molar refractivity (Wildman–Crippen MR) is 144 cm³/mol. The van der Waals surface area contributed by atoms with Gasteiger partial charge in [-0.15, -0.1) is 0 Å². The highest BCUT2D eigenvalue weighted by Gasteiger charge is 2.25. The first-order chi connectivity index (χ1) is 18.7. The van der Waals surface area contributed by atoms with Gasteiger partial charge >= 0.3 is 0 Å². The number of hydrogen-bond acceptors (Lipinski definition) is 9. The van der Waals surface area contributed by atoms with E-state index in [0.29, 0.717) is 24.8 Å². The summed E-state index contributed by atoms with van der Waals surface area (Å²) in [6.45, 7) is 4.45. The zero-order valence-corrected chi connectivity index (χ0v) is 21.5. The number of fused-ring (bicyclic) bond motifs is 1. The van der Waals surface area contributed by atoms with Crippen molar-refractivity contribution in [1.82, 2.24) is 20.3 Å². The Morgan fingerprint density at radius 3 is 2.53 bits per heavy atom. The molecule has 1 saturated carbocycles. The lowest BCUT2D eigenvalue weighted by atomic mass is 9.93. The van der Waals surface area contributed by atoms with Crippen LogP contribution >= 0.6 is 0 Å². The predicted octanol–water partition coefficient (Wildman–Crippen LogP) is 3.18. The van der Waals surface area contributed by atoms with E-state index in [2.05, 4.69) is 42.6 Å². The fraction of sp³-hybridized carbons (Fsp3) is 0.500. The summed E-state index contributed by atoms with van der Waals surface area (Å²) >= 11 is 0. The number of ether oxygens (including phenoxy) is 3. The summed E-state index contributed by atoms with van der Waals surface area (Å²) in [5.41, 5.74) is 3.32. The van der Waals surface area contributed by atoms with Gasteiger partial charge in [-0.2, -0.15) is 0 Å². The van der Waals surface area contributed by atoms with Crippen LogP contribution in [0.5, 0.6) is 5.75 Å². The van der Waals surface area contributed by atoms with Gasteiger partial charge in [-0.3, -0.25) is 9.78 Å². The number of benzene rings is 1. The molecule has 1 aromatic carbocycles. The Bertz CT molecular complexity index is 1240. The first-order valence-corrected chi connectivity index (χ1v) is 13.6. The van der Waals surface area contributed by atoms with Gasteiger partial charge in [0.25, 0.3) is 5.91 Å². The summed E-state index contributed by atoms with van der Waals surface area (Å²) < 4.78 is 17.4. The number of hydrogen-bond donors (Lipinski definition) is 2. The van der Waals surface area contributed by atoms with Crippen molar-refractivity contribution in [3.05, 3.63) is 48.4 Å². The molecule has 0 spiro atoms. The minimum Gasteiger partial charge on any atom is -0.488 e. The van der Waals surface area contributed by atoms with Crippen LogP contribution in [0.3, 0.4) is 0 Å². The van der Waals surface area contributed by atoms with Crippen molar-refractivity contribution in [3.63, 3.8) is 0 Å². The van der Waals surface area contributed by atoms with Gasteiger partial charge in [0.05, 0.1) is 43.0 Å². The van der Waals surface area contributed by atoms with E-state index in [1.165, 1.54) is 0 Å². The molecule has 1 atom stereocenters. The second-order valence-electron chi connectivity index (χ2n) is 10.2. The molecule has 1 aliphatic carbocycles. The van der Waals surface area contributed by atoms with Crippen LogP contribution in [0.25, 0.3) is 11.0 Å². The van der Waals surface area contributed by atoms with E-state index in [1.807, 2.05) is 12.1 Å². The van der Waals surface area contributed by atoms with Gasteiger partial charge in [-0.25, -0.2) is 9.97 Å². The Balaban J connectivity index is 1.04. The Kier molecular flexibility index (Phi) is 7.50. The maximum atomic E-state index is 12.4. The number of carbonyl (C=O) groups is 1. The average Bonchev–Trinajstić information content (AvgIpc) is 3.48. The van der Waals surface area contributed by atoms with Gasteiger partial charge in [-0.1, -0.05) is 0 Å². The molecule has 10 nitrogen and oxygen atoms in total. The summed E-state index contributed by atoms with van der Waals surface area (Å²) in [7, 11) is 0. The second-order valence-corrected chi connectivity index (χ2v) is 10.2. The van der Waals surface area contributed by atoms with Crippen molar-refractivity contribution in [3.8, 4) is 5.75 Å². The van der Waals surface area contributed by atoms with Crippen LogP contribution in [0.1, 0.15) is 42.5 Å². The third-order valence-corrected chi connectivity index (χ3v) is 7.51. The minimum atomic E-state index is -0.105. The Morgan fingerprint density at radius 2 is 1.76 bits per heavy atom. The van der Waals surface area contributed by atoms with Gasteiger partial charge in [0.15, 0.2) is 0 Å². The van der Waals surface area contributed by atoms with Crippen molar-refractivity contribution >= 4 is 28.4 Å². The van der Waals surface area contributed by atoms with Gasteiger partial charge in [-0.05, 0) is 50.3 Å². The number of anilines is 2. The highest BCUT2D eigenvalue weighted by atomic mass is 16.5. The van der Waals surface area contributed by atoms with Crippen LogP contribution in [-0.2, 0) is 9.47 Å². The van der Waals surface area contributed by atoms with E-state index >= 15 is 0 Å². The highest BCUT2D eigenvalue weighted by Crippen LogP contribution is 2.33. The fourth-order valence-corrected chi connectivity index (χ4v) is 5.37. The highest BCUT2D eigenvalue weighted by molar-refractivity contribution is 5.94. The number of amides is 1. The van der Waals surface area contributed by atoms with Crippen LogP contribution in [0.15, 0.2) is 42.9 Å². The molecular formula is C28H34N6O4. The first-order valence-electron chi connectivity index (χ1n) is 13.6. The standard InChI is InChI=1S/C28H34N6O4/c35-28(33-21-7-12-37-18-21)19-1-6-26(31-17-19)32-20-2-4-23(5-3-20)38-25-16-22(34-10-13-36-14-11-34)15-24-27(25)30-9-8-29-24/h1,6,8-9,15-17,20-21,23H,2-5,7,10-14,18H2,(H,31,32)(H,33,35). The van der Waals surface area contributed by atoms with E-state index in [0.717, 1.165) is 86.7 Å². The summed E-state index contributed by atoms with van der Waals surface area (Å²) in [6, 6.07) is 8.30. The number of nitrogens with one attached hydrogen (secondary N) is 2. The smallest absolute Gasteiger partial charge is 0.253 e. The summed E-state index contributed by atoms with van der Waals surface area (Å²) in [5, 5.41) is 6.53. The zero-order chi connectivity index (χ0) is 25.7. The van der Waals surface area contributed by atoms with Crippen molar-refractivity contribution < 1.29 is 19.0 Å². The molecule has 10 heteroatoms. The second kappa shape index (κ2) is 11.5. The summed E-state index contributed by atoms with van der Waals surface area (Å²) in [6.07, 6.45) is 9.88. The molecule has 6 rings (SSSR count). The van der Waals surface area contributed by atoms with Crippen LogP contribution in [0.4, 0.5) is 11.5 Å². The molecule has 2 saturated heterocycles. The van der Waals surface area contributed by atoms with E-state index < -0.39 is 0 Å².